The van der Waals surface area contributed by atoms with Crippen LogP contribution in [0, 0.1) is 0 Å². The number of unbranched alkanes of at least 4 members (excludes halogenated alkanes) is 4. The van der Waals surface area contributed by atoms with Crippen LogP contribution in [0.4, 0.5) is 13.2 Å². The molecule has 4 N–H and O–H groups in total. The predicted octanol–water partition coefficient (Wildman–Crippen LogP) is 3.08. The first-order valence-electron chi connectivity index (χ1n) is 10.1. The van der Waals surface area contributed by atoms with Gasteiger partial charge in [0, 0.05) is 13.0 Å². The van der Waals surface area contributed by atoms with E-state index in [-0.39, 0.29) is 25.3 Å². The first-order valence-corrected chi connectivity index (χ1v) is 10.1. The lowest BCUT2D eigenvalue weighted by atomic mass is 10.1. The lowest BCUT2D eigenvalue weighted by molar-refractivity contribution is -0.137. The van der Waals surface area contributed by atoms with Crippen molar-refractivity contribution in [3.05, 3.63) is 35.4 Å². The number of nitrogens with two attached hydrogens (primary N) is 1. The van der Waals surface area contributed by atoms with E-state index < -0.39 is 29.6 Å². The van der Waals surface area contributed by atoms with Crippen LogP contribution in [0.15, 0.2) is 24.3 Å². The fraction of sp³-hybridized carbons (Fsp3) is 0.571. The van der Waals surface area contributed by atoms with Crippen molar-refractivity contribution in [2.75, 3.05) is 6.54 Å². The Labute approximate surface area is 174 Å². The van der Waals surface area contributed by atoms with Crippen molar-refractivity contribution in [2.24, 2.45) is 5.73 Å². The SMILES string of the molecule is CCCCCCCC(=O)N[C@H](CC(N)=O)C(=O)NCCc1ccc(C(F)(F)F)cc1. The highest BCUT2D eigenvalue weighted by Crippen LogP contribution is 2.29. The summed E-state index contributed by atoms with van der Waals surface area (Å²) in [6.07, 6.45) is 0.699. The van der Waals surface area contributed by atoms with Crippen LogP contribution in [-0.2, 0) is 27.0 Å². The van der Waals surface area contributed by atoms with Crippen molar-refractivity contribution < 1.29 is 27.6 Å². The number of amides is 3. The summed E-state index contributed by atoms with van der Waals surface area (Å²) in [4.78, 5) is 35.6. The molecular weight excluding hydrogens is 399 g/mol. The maximum Gasteiger partial charge on any atom is 0.416 e. The largest absolute Gasteiger partial charge is 0.416 e. The smallest absolute Gasteiger partial charge is 0.370 e. The Balaban J connectivity index is 2.48. The van der Waals surface area contributed by atoms with Gasteiger partial charge in [0.05, 0.1) is 12.0 Å². The number of rotatable bonds is 13. The summed E-state index contributed by atoms with van der Waals surface area (Å²) < 4.78 is 37.7. The average molecular weight is 429 g/mol. The van der Waals surface area contributed by atoms with Gasteiger partial charge < -0.3 is 16.4 Å². The summed E-state index contributed by atoms with van der Waals surface area (Å²) in [5, 5.41) is 5.12. The van der Waals surface area contributed by atoms with Crippen LogP contribution in [0.3, 0.4) is 0 Å². The minimum absolute atomic E-state index is 0.145. The molecule has 0 heterocycles. The van der Waals surface area contributed by atoms with Crippen LogP contribution in [-0.4, -0.2) is 30.3 Å². The number of nitrogens with one attached hydrogen (secondary N) is 2. The number of alkyl halides is 3. The summed E-state index contributed by atoms with van der Waals surface area (Å²) >= 11 is 0. The van der Waals surface area contributed by atoms with Crippen LogP contribution >= 0.6 is 0 Å². The van der Waals surface area contributed by atoms with Crippen molar-refractivity contribution in [1.82, 2.24) is 10.6 Å². The molecule has 0 spiro atoms. The molecular formula is C21H30F3N3O3. The zero-order valence-corrected chi connectivity index (χ0v) is 17.2. The van der Waals surface area contributed by atoms with Gasteiger partial charge in [0.1, 0.15) is 6.04 Å². The number of benzene rings is 1. The van der Waals surface area contributed by atoms with E-state index in [0.29, 0.717) is 18.4 Å². The highest BCUT2D eigenvalue weighted by molar-refractivity contribution is 5.91. The van der Waals surface area contributed by atoms with Crippen molar-refractivity contribution in [1.29, 1.82) is 0 Å². The molecule has 1 rings (SSSR count). The van der Waals surface area contributed by atoms with Gasteiger partial charge in [0.25, 0.3) is 0 Å². The molecule has 0 aromatic heterocycles. The molecule has 3 amide bonds. The zero-order valence-electron chi connectivity index (χ0n) is 17.2. The molecule has 6 nitrogen and oxygen atoms in total. The summed E-state index contributed by atoms with van der Waals surface area (Å²) in [5.41, 5.74) is 5.04. The summed E-state index contributed by atoms with van der Waals surface area (Å²) in [5.74, 6) is -1.60. The molecule has 1 aromatic rings. The monoisotopic (exact) mass is 429 g/mol. The number of primary amides is 1. The van der Waals surface area contributed by atoms with E-state index in [9.17, 15) is 27.6 Å². The molecule has 0 fully saturated rings. The Morgan fingerprint density at radius 2 is 1.67 bits per heavy atom. The third kappa shape index (κ3) is 10.3. The fourth-order valence-corrected chi connectivity index (χ4v) is 2.88. The van der Waals surface area contributed by atoms with Crippen molar-refractivity contribution in [2.45, 2.75) is 70.5 Å². The summed E-state index contributed by atoms with van der Waals surface area (Å²) in [7, 11) is 0. The van der Waals surface area contributed by atoms with Gasteiger partial charge in [-0.1, -0.05) is 44.7 Å². The normalized spacial score (nSPS) is 12.3. The maximum absolute atomic E-state index is 12.6. The van der Waals surface area contributed by atoms with Gasteiger partial charge in [0.15, 0.2) is 0 Å². The third-order valence-corrected chi connectivity index (χ3v) is 4.56. The Hall–Kier alpha value is -2.58. The average Bonchev–Trinajstić information content (AvgIpc) is 2.66. The quantitative estimate of drug-likeness (QED) is 0.420. The van der Waals surface area contributed by atoms with Gasteiger partial charge >= 0.3 is 6.18 Å². The molecule has 30 heavy (non-hydrogen) atoms. The molecule has 0 aliphatic rings. The number of hydrogen-bond donors (Lipinski definition) is 3. The van der Waals surface area contributed by atoms with E-state index in [1.165, 1.54) is 12.1 Å². The van der Waals surface area contributed by atoms with E-state index in [0.717, 1.165) is 37.8 Å². The second-order valence-corrected chi connectivity index (χ2v) is 7.19. The molecule has 9 heteroatoms. The Bertz CT molecular complexity index is 691. The molecule has 0 unspecified atom stereocenters. The van der Waals surface area contributed by atoms with Crippen LogP contribution in [0.25, 0.3) is 0 Å². The van der Waals surface area contributed by atoms with E-state index in [1.54, 1.807) is 0 Å². The van der Waals surface area contributed by atoms with Gasteiger partial charge in [0.2, 0.25) is 17.7 Å². The van der Waals surface area contributed by atoms with Gasteiger partial charge in [-0.25, -0.2) is 0 Å². The standard InChI is InChI=1S/C21H30F3N3O3/c1-2-3-4-5-6-7-19(29)27-17(14-18(25)28)20(30)26-13-12-15-8-10-16(11-9-15)21(22,23)24/h8-11,17H,2-7,12-14H2,1H3,(H2,25,28)(H,26,30)(H,27,29)/t17-/m1/s1. The van der Waals surface area contributed by atoms with E-state index in [4.69, 9.17) is 5.73 Å². The predicted molar refractivity (Wildman–Crippen MR) is 107 cm³/mol. The summed E-state index contributed by atoms with van der Waals surface area (Å²) in [6.45, 7) is 2.24. The van der Waals surface area contributed by atoms with E-state index >= 15 is 0 Å². The summed E-state index contributed by atoms with van der Waals surface area (Å²) in [6, 6.07) is 3.58. The first kappa shape index (κ1) is 25.5. The molecule has 0 saturated heterocycles. The second-order valence-electron chi connectivity index (χ2n) is 7.19. The molecule has 0 radical (unpaired) electrons. The van der Waals surface area contributed by atoms with Gasteiger partial charge in [-0.15, -0.1) is 0 Å². The number of carbonyl (C=O) groups is 3. The van der Waals surface area contributed by atoms with Crippen molar-refractivity contribution in [3.8, 4) is 0 Å². The molecule has 1 aromatic carbocycles. The lowest BCUT2D eigenvalue weighted by Crippen LogP contribution is -2.48. The van der Waals surface area contributed by atoms with Gasteiger partial charge in [-0.2, -0.15) is 13.2 Å². The highest BCUT2D eigenvalue weighted by Gasteiger charge is 2.30. The minimum atomic E-state index is -4.40. The molecule has 0 aliphatic carbocycles. The Kier molecular flexibility index (Phi) is 10.9. The van der Waals surface area contributed by atoms with Crippen LogP contribution in [0.2, 0.25) is 0 Å². The van der Waals surface area contributed by atoms with Crippen LogP contribution in [0.1, 0.15) is 63.0 Å². The maximum atomic E-state index is 12.6. The van der Waals surface area contributed by atoms with Gasteiger partial charge in [-0.3, -0.25) is 14.4 Å². The number of hydrogen-bond acceptors (Lipinski definition) is 3. The molecule has 0 bridgehead atoms. The first-order chi connectivity index (χ1) is 14.1. The van der Waals surface area contributed by atoms with E-state index in [1.807, 2.05) is 0 Å². The van der Waals surface area contributed by atoms with Crippen molar-refractivity contribution in [3.63, 3.8) is 0 Å². The Morgan fingerprint density at radius 1 is 1.03 bits per heavy atom. The van der Waals surface area contributed by atoms with Gasteiger partial charge in [-0.05, 0) is 30.5 Å². The molecule has 0 aliphatic heterocycles. The Morgan fingerprint density at radius 3 is 2.23 bits per heavy atom. The topological polar surface area (TPSA) is 101 Å². The lowest BCUT2D eigenvalue weighted by Gasteiger charge is -2.17. The zero-order chi connectivity index (χ0) is 22.6. The molecule has 0 saturated carbocycles. The molecule has 168 valence electrons. The van der Waals surface area contributed by atoms with Crippen molar-refractivity contribution >= 4 is 17.7 Å². The number of halogens is 3. The minimum Gasteiger partial charge on any atom is -0.370 e. The van der Waals surface area contributed by atoms with E-state index in [2.05, 4.69) is 17.6 Å². The molecule has 1 atom stereocenters. The van der Waals surface area contributed by atoms with Crippen LogP contribution < -0.4 is 16.4 Å². The van der Waals surface area contributed by atoms with Crippen LogP contribution in [0.5, 0.6) is 0 Å². The third-order valence-electron chi connectivity index (χ3n) is 4.56. The fourth-order valence-electron chi connectivity index (χ4n) is 2.88. The number of carbonyl (C=O) groups excluding carboxylic acids is 3. The highest BCUT2D eigenvalue weighted by atomic mass is 19.4. The second kappa shape index (κ2) is 12.9.